The predicted molar refractivity (Wildman–Crippen MR) is 83.4 cm³/mol. The van der Waals surface area contributed by atoms with E-state index in [9.17, 15) is 0 Å². The fraction of sp³-hybridized carbons (Fsp3) is 0.214. The normalized spacial score (nSPS) is 13.3. The number of hydrogen-bond donors (Lipinski definition) is 3. The molecule has 0 amide bonds. The van der Waals surface area contributed by atoms with E-state index in [0.29, 0.717) is 13.0 Å². The van der Waals surface area contributed by atoms with Crippen molar-refractivity contribution in [3.8, 4) is 0 Å². The first kappa shape index (κ1) is 14.8. The lowest BCUT2D eigenvalue weighted by Crippen LogP contribution is -2.26. The molecule has 0 saturated carbocycles. The number of oxime groups is 1. The van der Waals surface area contributed by atoms with Crippen LogP contribution in [0, 0.1) is 0 Å². The second-order valence-electron chi connectivity index (χ2n) is 4.35. The van der Waals surface area contributed by atoms with Gasteiger partial charge < -0.3 is 16.3 Å². The Bertz CT molecular complexity index is 571. The maximum absolute atomic E-state index is 8.74. The molecule has 4 N–H and O–H groups in total. The third kappa shape index (κ3) is 4.23. The summed E-state index contributed by atoms with van der Waals surface area (Å²) in [6.45, 7) is 0.690. The minimum atomic E-state index is -0.00650. The number of halogens is 1. The Morgan fingerprint density at radius 2 is 2.05 bits per heavy atom. The molecule has 1 unspecified atom stereocenters. The lowest BCUT2D eigenvalue weighted by atomic mass is 10.0. The average Bonchev–Trinajstić information content (AvgIpc) is 2.89. The highest BCUT2D eigenvalue weighted by Gasteiger charge is 2.13. The van der Waals surface area contributed by atoms with Gasteiger partial charge in [-0.15, -0.1) is 11.3 Å². The number of rotatable bonds is 6. The van der Waals surface area contributed by atoms with Crippen LogP contribution >= 0.6 is 22.9 Å². The number of nitrogens with two attached hydrogens (primary N) is 1. The zero-order chi connectivity index (χ0) is 14.4. The summed E-state index contributed by atoms with van der Waals surface area (Å²) >= 11 is 7.46. The van der Waals surface area contributed by atoms with E-state index >= 15 is 0 Å². The highest BCUT2D eigenvalue weighted by Crippen LogP contribution is 2.23. The second-order valence-corrected chi connectivity index (χ2v) is 6.15. The van der Waals surface area contributed by atoms with Crippen LogP contribution in [0.5, 0.6) is 0 Å². The van der Waals surface area contributed by atoms with Gasteiger partial charge in [-0.3, -0.25) is 0 Å². The van der Waals surface area contributed by atoms with Crippen molar-refractivity contribution >= 4 is 28.8 Å². The van der Waals surface area contributed by atoms with E-state index in [1.165, 1.54) is 0 Å². The Morgan fingerprint density at radius 3 is 2.65 bits per heavy atom. The van der Waals surface area contributed by atoms with Crippen molar-refractivity contribution in [2.24, 2.45) is 10.9 Å². The summed E-state index contributed by atoms with van der Waals surface area (Å²) in [5, 5.41) is 15.2. The van der Waals surface area contributed by atoms with Gasteiger partial charge in [0.05, 0.1) is 4.34 Å². The lowest BCUT2D eigenvalue weighted by Gasteiger charge is -2.18. The van der Waals surface area contributed by atoms with Crippen LogP contribution in [0.1, 0.15) is 22.9 Å². The molecule has 106 valence electrons. The summed E-state index contributed by atoms with van der Waals surface area (Å²) in [6, 6.07) is 13.8. The quantitative estimate of drug-likeness (QED) is 0.331. The summed E-state index contributed by atoms with van der Waals surface area (Å²) in [6.07, 6.45) is 0.444. The zero-order valence-electron chi connectivity index (χ0n) is 10.8. The fourth-order valence-electron chi connectivity index (χ4n) is 1.91. The first-order valence-corrected chi connectivity index (χ1v) is 7.37. The van der Waals surface area contributed by atoms with E-state index in [1.54, 1.807) is 11.3 Å². The molecule has 0 saturated heterocycles. The van der Waals surface area contributed by atoms with Crippen molar-refractivity contribution in [1.29, 1.82) is 0 Å². The van der Waals surface area contributed by atoms with Crippen molar-refractivity contribution in [3.63, 3.8) is 0 Å². The maximum Gasteiger partial charge on any atom is 0.141 e. The molecule has 0 aliphatic rings. The molecule has 4 nitrogen and oxygen atoms in total. The molecule has 20 heavy (non-hydrogen) atoms. The minimum Gasteiger partial charge on any atom is -0.409 e. The molecule has 2 rings (SSSR count). The minimum absolute atomic E-state index is 0.00650. The van der Waals surface area contributed by atoms with E-state index in [2.05, 4.69) is 10.5 Å². The molecule has 0 radical (unpaired) electrons. The van der Waals surface area contributed by atoms with E-state index in [0.717, 1.165) is 14.8 Å². The topological polar surface area (TPSA) is 70.6 Å². The average molecular weight is 310 g/mol. The third-order valence-corrected chi connectivity index (χ3v) is 4.13. The fourth-order valence-corrected chi connectivity index (χ4v) is 2.95. The van der Waals surface area contributed by atoms with Crippen LogP contribution in [0.3, 0.4) is 0 Å². The van der Waals surface area contributed by atoms with Gasteiger partial charge in [0, 0.05) is 23.9 Å². The Labute approximate surface area is 126 Å². The van der Waals surface area contributed by atoms with Crippen molar-refractivity contribution in [2.45, 2.75) is 19.0 Å². The summed E-state index contributed by atoms with van der Waals surface area (Å²) in [4.78, 5) is 1.15. The summed E-state index contributed by atoms with van der Waals surface area (Å²) < 4.78 is 0.773. The third-order valence-electron chi connectivity index (χ3n) is 2.90. The highest BCUT2D eigenvalue weighted by atomic mass is 35.5. The van der Waals surface area contributed by atoms with Crippen molar-refractivity contribution in [2.75, 3.05) is 0 Å². The van der Waals surface area contributed by atoms with Crippen LogP contribution in [0.2, 0.25) is 4.34 Å². The van der Waals surface area contributed by atoms with Crippen LogP contribution < -0.4 is 11.1 Å². The van der Waals surface area contributed by atoms with E-state index in [4.69, 9.17) is 22.5 Å². The predicted octanol–water partition coefficient (Wildman–Crippen LogP) is 3.37. The van der Waals surface area contributed by atoms with Gasteiger partial charge in [-0.1, -0.05) is 47.1 Å². The number of amidine groups is 1. The molecule has 6 heteroatoms. The first-order chi connectivity index (χ1) is 9.69. The van der Waals surface area contributed by atoms with Gasteiger partial charge in [-0.2, -0.15) is 0 Å². The van der Waals surface area contributed by atoms with Crippen molar-refractivity contribution < 1.29 is 5.21 Å². The van der Waals surface area contributed by atoms with Crippen LogP contribution in [-0.2, 0) is 6.54 Å². The Morgan fingerprint density at radius 1 is 1.30 bits per heavy atom. The molecular weight excluding hydrogens is 294 g/mol. The molecule has 0 bridgehead atoms. The monoisotopic (exact) mass is 309 g/mol. The highest BCUT2D eigenvalue weighted by molar-refractivity contribution is 7.16. The Balaban J connectivity index is 2.06. The summed E-state index contributed by atoms with van der Waals surface area (Å²) in [5.41, 5.74) is 6.72. The molecule has 0 fully saturated rings. The van der Waals surface area contributed by atoms with Crippen molar-refractivity contribution in [1.82, 2.24) is 5.32 Å². The largest absolute Gasteiger partial charge is 0.409 e. The van der Waals surface area contributed by atoms with E-state index < -0.39 is 0 Å². The second kappa shape index (κ2) is 7.28. The molecule has 2 aromatic rings. The smallest absolute Gasteiger partial charge is 0.141 e. The van der Waals surface area contributed by atoms with Gasteiger partial charge in [0.2, 0.25) is 0 Å². The van der Waals surface area contributed by atoms with Gasteiger partial charge in [0.25, 0.3) is 0 Å². The van der Waals surface area contributed by atoms with Crippen LogP contribution in [-0.4, -0.2) is 11.0 Å². The molecule has 1 aromatic carbocycles. The van der Waals surface area contributed by atoms with E-state index in [1.807, 2.05) is 42.5 Å². The molecule has 1 aromatic heterocycles. The standard InChI is InChI=1S/C14H16ClN3OS/c15-13-7-6-11(20-13)9-17-12(8-14(16)18-19)10-4-2-1-3-5-10/h1-7,12,17,19H,8-9H2,(H2,16,18). The van der Waals surface area contributed by atoms with Crippen LogP contribution in [0.25, 0.3) is 0 Å². The first-order valence-electron chi connectivity index (χ1n) is 6.18. The number of nitrogens with zero attached hydrogens (tertiary/aromatic N) is 1. The molecule has 1 heterocycles. The molecule has 1 atom stereocenters. The maximum atomic E-state index is 8.74. The number of nitrogens with one attached hydrogen (secondary N) is 1. The van der Waals surface area contributed by atoms with Crippen molar-refractivity contribution in [3.05, 3.63) is 57.2 Å². The van der Waals surface area contributed by atoms with Crippen LogP contribution in [0.15, 0.2) is 47.6 Å². The zero-order valence-corrected chi connectivity index (χ0v) is 12.4. The summed E-state index contributed by atoms with van der Waals surface area (Å²) in [5.74, 6) is 0.204. The van der Waals surface area contributed by atoms with Gasteiger partial charge in [0.15, 0.2) is 0 Å². The molecule has 0 aliphatic heterocycles. The molecule has 0 spiro atoms. The van der Waals surface area contributed by atoms with Gasteiger partial charge in [0.1, 0.15) is 5.84 Å². The number of thiophene rings is 1. The Kier molecular flexibility index (Phi) is 5.40. The van der Waals surface area contributed by atoms with Gasteiger partial charge in [-0.05, 0) is 17.7 Å². The molecule has 0 aliphatic carbocycles. The summed E-state index contributed by atoms with van der Waals surface area (Å²) in [7, 11) is 0. The van der Waals surface area contributed by atoms with Crippen LogP contribution in [0.4, 0.5) is 0 Å². The van der Waals surface area contributed by atoms with Gasteiger partial charge >= 0.3 is 0 Å². The lowest BCUT2D eigenvalue weighted by molar-refractivity contribution is 0.315. The van der Waals surface area contributed by atoms with E-state index in [-0.39, 0.29) is 11.9 Å². The SMILES string of the molecule is NC(CC(NCc1ccc(Cl)s1)c1ccccc1)=NO. The molecular formula is C14H16ClN3OS. The number of benzene rings is 1. The Hall–Kier alpha value is -1.56. The number of hydrogen-bond acceptors (Lipinski definition) is 4. The van der Waals surface area contributed by atoms with Gasteiger partial charge in [-0.25, -0.2) is 0 Å².